The fourth-order valence-corrected chi connectivity index (χ4v) is 2.07. The number of halogens is 2. The summed E-state index contributed by atoms with van der Waals surface area (Å²) in [4.78, 5) is 23.8. The summed E-state index contributed by atoms with van der Waals surface area (Å²) in [7, 11) is 1.66. The number of nitro benzene ring substituents is 1. The third-order valence-electron chi connectivity index (χ3n) is 2.72. The van der Waals surface area contributed by atoms with Crippen molar-refractivity contribution in [2.45, 2.75) is 13.0 Å². The van der Waals surface area contributed by atoms with Crippen molar-refractivity contribution in [1.29, 1.82) is 0 Å². The van der Waals surface area contributed by atoms with Gasteiger partial charge >= 0.3 is 0 Å². The van der Waals surface area contributed by atoms with Crippen LogP contribution in [0.25, 0.3) is 0 Å². The van der Waals surface area contributed by atoms with Gasteiger partial charge in [0.25, 0.3) is 11.6 Å². The standard InChI is InChI=1S/C11H14IN3O3.ClH/c1-7(6-13)14(2)11(16)9-4-3-8(15(17)18)5-10(9)12;/h3-5,7H,6,13H2,1-2H3;1H. The van der Waals surface area contributed by atoms with E-state index in [9.17, 15) is 14.9 Å². The van der Waals surface area contributed by atoms with Crippen LogP contribution in [-0.2, 0) is 0 Å². The van der Waals surface area contributed by atoms with Crippen LogP contribution >= 0.6 is 35.0 Å². The minimum atomic E-state index is -0.483. The number of carbonyl (C=O) groups is 1. The predicted octanol–water partition coefficient (Wildman–Crippen LogP) is 2.04. The molecule has 0 spiro atoms. The predicted molar refractivity (Wildman–Crippen MR) is 83.7 cm³/mol. The molecular formula is C11H15ClIN3O3. The lowest BCUT2D eigenvalue weighted by atomic mass is 10.1. The highest BCUT2D eigenvalue weighted by molar-refractivity contribution is 14.1. The number of nitrogens with two attached hydrogens (primary N) is 1. The number of non-ortho nitro benzene ring substituents is 1. The highest BCUT2D eigenvalue weighted by atomic mass is 127. The van der Waals surface area contributed by atoms with Crippen molar-refractivity contribution >= 4 is 46.6 Å². The first-order valence-corrected chi connectivity index (χ1v) is 6.37. The van der Waals surface area contributed by atoms with Gasteiger partial charge in [0.15, 0.2) is 0 Å². The normalized spacial score (nSPS) is 11.4. The molecule has 1 rings (SSSR count). The van der Waals surface area contributed by atoms with Crippen molar-refractivity contribution in [3.8, 4) is 0 Å². The Bertz CT molecular complexity index is 484. The average Bonchev–Trinajstić information content (AvgIpc) is 2.35. The van der Waals surface area contributed by atoms with E-state index in [0.717, 1.165) is 0 Å². The Hall–Kier alpha value is -0.930. The van der Waals surface area contributed by atoms with Crippen molar-refractivity contribution < 1.29 is 9.72 Å². The Morgan fingerprint density at radius 3 is 2.58 bits per heavy atom. The van der Waals surface area contributed by atoms with Crippen molar-refractivity contribution in [2.75, 3.05) is 13.6 Å². The molecule has 106 valence electrons. The minimum Gasteiger partial charge on any atom is -0.338 e. The van der Waals surface area contributed by atoms with Gasteiger partial charge < -0.3 is 10.6 Å². The van der Waals surface area contributed by atoms with E-state index in [4.69, 9.17) is 5.73 Å². The lowest BCUT2D eigenvalue weighted by Crippen LogP contribution is -2.40. The van der Waals surface area contributed by atoms with Crippen LogP contribution in [0, 0.1) is 13.7 Å². The van der Waals surface area contributed by atoms with Crippen LogP contribution in [-0.4, -0.2) is 35.4 Å². The summed E-state index contributed by atoms with van der Waals surface area (Å²) in [5, 5.41) is 10.6. The van der Waals surface area contributed by atoms with E-state index in [2.05, 4.69) is 0 Å². The maximum atomic E-state index is 12.1. The number of rotatable bonds is 4. The zero-order valence-electron chi connectivity index (χ0n) is 10.5. The maximum absolute atomic E-state index is 12.1. The van der Waals surface area contributed by atoms with Crippen LogP contribution in [0.2, 0.25) is 0 Å². The Balaban J connectivity index is 0.00000324. The third-order valence-corrected chi connectivity index (χ3v) is 3.61. The molecule has 0 saturated carbocycles. The fourth-order valence-electron chi connectivity index (χ4n) is 1.34. The van der Waals surface area contributed by atoms with Gasteiger partial charge in [-0.25, -0.2) is 0 Å². The topological polar surface area (TPSA) is 89.5 Å². The van der Waals surface area contributed by atoms with Crippen LogP contribution in [0.5, 0.6) is 0 Å². The van der Waals surface area contributed by atoms with Gasteiger partial charge in [-0.2, -0.15) is 0 Å². The second-order valence-corrected chi connectivity index (χ2v) is 5.08. The molecule has 0 aromatic heterocycles. The first-order valence-electron chi connectivity index (χ1n) is 5.29. The number of amides is 1. The Morgan fingerprint density at radius 2 is 2.16 bits per heavy atom. The molecule has 19 heavy (non-hydrogen) atoms. The maximum Gasteiger partial charge on any atom is 0.270 e. The van der Waals surface area contributed by atoms with Crippen molar-refractivity contribution in [1.82, 2.24) is 4.90 Å². The molecule has 0 aliphatic rings. The Morgan fingerprint density at radius 1 is 1.58 bits per heavy atom. The van der Waals surface area contributed by atoms with Crippen LogP contribution in [0.15, 0.2) is 18.2 Å². The van der Waals surface area contributed by atoms with E-state index in [0.29, 0.717) is 15.7 Å². The summed E-state index contributed by atoms with van der Waals surface area (Å²) in [6.07, 6.45) is 0. The smallest absolute Gasteiger partial charge is 0.270 e. The number of carbonyl (C=O) groups excluding carboxylic acids is 1. The first kappa shape index (κ1) is 18.1. The average molecular weight is 400 g/mol. The minimum absolute atomic E-state index is 0. The molecule has 0 aliphatic heterocycles. The van der Waals surface area contributed by atoms with Crippen molar-refractivity contribution in [3.63, 3.8) is 0 Å². The summed E-state index contributed by atoms with van der Waals surface area (Å²) in [6.45, 7) is 2.21. The van der Waals surface area contributed by atoms with Crippen molar-refractivity contribution in [3.05, 3.63) is 37.4 Å². The lowest BCUT2D eigenvalue weighted by Gasteiger charge is -2.24. The second-order valence-electron chi connectivity index (χ2n) is 3.92. The van der Waals surface area contributed by atoms with Crippen LogP contribution in [0.4, 0.5) is 5.69 Å². The van der Waals surface area contributed by atoms with E-state index < -0.39 is 4.92 Å². The number of hydrogen-bond donors (Lipinski definition) is 1. The molecule has 1 amide bonds. The number of likely N-dealkylation sites (N-methyl/N-ethyl adjacent to an activating group) is 1. The molecule has 1 aromatic rings. The lowest BCUT2D eigenvalue weighted by molar-refractivity contribution is -0.384. The van der Waals surface area contributed by atoms with E-state index in [-0.39, 0.29) is 30.0 Å². The SMILES string of the molecule is CC(CN)N(C)C(=O)c1ccc([N+](=O)[O-])cc1I.Cl. The zero-order chi connectivity index (χ0) is 13.9. The van der Waals surface area contributed by atoms with E-state index in [1.807, 2.05) is 29.5 Å². The molecule has 0 saturated heterocycles. The van der Waals surface area contributed by atoms with Gasteiger partial charge in [-0.15, -0.1) is 12.4 Å². The summed E-state index contributed by atoms with van der Waals surface area (Å²) in [5.74, 6) is -0.188. The van der Waals surface area contributed by atoms with Gasteiger partial charge in [-0.3, -0.25) is 14.9 Å². The molecule has 0 fully saturated rings. The number of nitro groups is 1. The number of benzene rings is 1. The summed E-state index contributed by atoms with van der Waals surface area (Å²) in [5.41, 5.74) is 5.93. The quantitative estimate of drug-likeness (QED) is 0.477. The van der Waals surface area contributed by atoms with E-state index in [1.54, 1.807) is 7.05 Å². The third kappa shape index (κ3) is 4.29. The molecule has 0 aliphatic carbocycles. The molecule has 8 heteroatoms. The highest BCUT2D eigenvalue weighted by Gasteiger charge is 2.20. The zero-order valence-corrected chi connectivity index (χ0v) is 13.5. The molecule has 2 N–H and O–H groups in total. The van der Waals surface area contributed by atoms with Crippen LogP contribution < -0.4 is 5.73 Å². The summed E-state index contributed by atoms with van der Waals surface area (Å²) < 4.78 is 0.558. The van der Waals surface area contributed by atoms with Crippen molar-refractivity contribution in [2.24, 2.45) is 5.73 Å². The first-order chi connectivity index (χ1) is 8.38. The van der Waals surface area contributed by atoms with Gasteiger partial charge in [0.2, 0.25) is 0 Å². The van der Waals surface area contributed by atoms with E-state index >= 15 is 0 Å². The van der Waals surface area contributed by atoms with E-state index in [1.165, 1.54) is 23.1 Å². The number of nitrogens with zero attached hydrogens (tertiary/aromatic N) is 2. The summed E-state index contributed by atoms with van der Waals surface area (Å²) in [6, 6.07) is 4.11. The molecular weight excluding hydrogens is 384 g/mol. The van der Waals surface area contributed by atoms with Crippen LogP contribution in [0.3, 0.4) is 0 Å². The fraction of sp³-hybridized carbons (Fsp3) is 0.364. The molecule has 1 unspecified atom stereocenters. The van der Waals surface area contributed by atoms with Gasteiger partial charge in [0.1, 0.15) is 0 Å². The molecule has 0 bridgehead atoms. The molecule has 0 radical (unpaired) electrons. The second kappa shape index (κ2) is 7.61. The van der Waals surface area contributed by atoms with Gasteiger partial charge in [0.05, 0.1) is 10.5 Å². The Kier molecular flexibility index (Phi) is 7.24. The van der Waals surface area contributed by atoms with Gasteiger partial charge in [-0.1, -0.05) is 0 Å². The largest absolute Gasteiger partial charge is 0.338 e. The highest BCUT2D eigenvalue weighted by Crippen LogP contribution is 2.21. The monoisotopic (exact) mass is 399 g/mol. The van der Waals surface area contributed by atoms with Gasteiger partial charge in [-0.05, 0) is 35.6 Å². The molecule has 6 nitrogen and oxygen atoms in total. The molecule has 1 aromatic carbocycles. The molecule has 1 atom stereocenters. The number of hydrogen-bond acceptors (Lipinski definition) is 4. The summed E-state index contributed by atoms with van der Waals surface area (Å²) >= 11 is 1.92. The molecule has 0 heterocycles. The van der Waals surface area contributed by atoms with Gasteiger partial charge in [0, 0.05) is 35.3 Å². The Labute approximate surface area is 131 Å². The van der Waals surface area contributed by atoms with Crippen LogP contribution in [0.1, 0.15) is 17.3 Å².